The third-order valence-electron chi connectivity index (χ3n) is 9.38. The van der Waals surface area contributed by atoms with Crippen LogP contribution in [-0.4, -0.2) is 52.5 Å². The first kappa shape index (κ1) is 19.0. The highest BCUT2D eigenvalue weighted by Crippen LogP contribution is 2.77. The van der Waals surface area contributed by atoms with Crippen molar-refractivity contribution in [2.75, 3.05) is 13.2 Å². The van der Waals surface area contributed by atoms with Crippen LogP contribution in [0.2, 0.25) is 0 Å². The topological polar surface area (TPSA) is 96.2 Å². The minimum absolute atomic E-state index is 0.0644. The molecule has 0 aromatic rings. The van der Waals surface area contributed by atoms with E-state index >= 15 is 0 Å². The van der Waals surface area contributed by atoms with Crippen molar-refractivity contribution in [3.8, 4) is 0 Å². The number of esters is 1. The summed E-state index contributed by atoms with van der Waals surface area (Å²) in [4.78, 5) is 11.5. The lowest BCUT2D eigenvalue weighted by atomic mass is 9.36. The molecule has 2 saturated heterocycles. The molecule has 6 heteroatoms. The zero-order valence-electron chi connectivity index (χ0n) is 16.8. The third-order valence-corrected chi connectivity index (χ3v) is 9.38. The molecule has 2 aliphatic heterocycles. The van der Waals surface area contributed by atoms with Gasteiger partial charge in [0.05, 0.1) is 24.7 Å². The maximum absolute atomic E-state index is 11.8. The van der Waals surface area contributed by atoms with Gasteiger partial charge >= 0.3 is 5.97 Å². The van der Waals surface area contributed by atoms with Gasteiger partial charge in [0.2, 0.25) is 5.79 Å². The Morgan fingerprint density at radius 1 is 1.32 bits per heavy atom. The summed E-state index contributed by atoms with van der Waals surface area (Å²) in [7, 11) is 0. The van der Waals surface area contributed by atoms with E-state index in [1.807, 2.05) is 0 Å². The summed E-state index contributed by atoms with van der Waals surface area (Å²) < 4.78 is 11.5. The summed E-state index contributed by atoms with van der Waals surface area (Å²) >= 11 is 0. The van der Waals surface area contributed by atoms with Crippen molar-refractivity contribution in [3.63, 3.8) is 0 Å². The number of rotatable bonds is 2. The van der Waals surface area contributed by atoms with Gasteiger partial charge in [-0.1, -0.05) is 19.9 Å². The Morgan fingerprint density at radius 2 is 2.07 bits per heavy atom. The number of aliphatic hydroxyl groups excluding tert-OH is 2. The van der Waals surface area contributed by atoms with Gasteiger partial charge in [0, 0.05) is 23.7 Å². The van der Waals surface area contributed by atoms with Gasteiger partial charge in [0.15, 0.2) is 0 Å². The van der Waals surface area contributed by atoms with E-state index in [-0.39, 0.29) is 35.7 Å². The molecule has 4 saturated carbocycles. The van der Waals surface area contributed by atoms with Gasteiger partial charge in [-0.3, -0.25) is 4.79 Å². The highest BCUT2D eigenvalue weighted by atomic mass is 16.6. The molecule has 6 aliphatic rings. The predicted octanol–water partition coefficient (Wildman–Crippen LogP) is 1.77. The number of hydrogen-bond donors (Lipinski definition) is 3. The Balaban J connectivity index is 1.64. The van der Waals surface area contributed by atoms with E-state index in [2.05, 4.69) is 13.5 Å². The molecule has 0 amide bonds. The molecule has 4 bridgehead atoms. The Morgan fingerprint density at radius 3 is 2.79 bits per heavy atom. The summed E-state index contributed by atoms with van der Waals surface area (Å²) in [6, 6.07) is 0. The molecule has 6 nitrogen and oxygen atoms in total. The van der Waals surface area contributed by atoms with E-state index in [0.717, 1.165) is 37.7 Å². The molecule has 0 aromatic carbocycles. The molecule has 6 fully saturated rings. The molecule has 9 unspecified atom stereocenters. The number of ether oxygens (including phenoxy) is 2. The number of fused-ring (bicyclic) bond motifs is 2. The van der Waals surface area contributed by atoms with Crippen LogP contribution in [0.15, 0.2) is 12.2 Å². The van der Waals surface area contributed by atoms with Crippen LogP contribution in [0.3, 0.4) is 0 Å². The van der Waals surface area contributed by atoms with E-state index in [0.29, 0.717) is 13.0 Å². The van der Waals surface area contributed by atoms with Gasteiger partial charge in [-0.15, -0.1) is 0 Å². The molecule has 0 aromatic heterocycles. The van der Waals surface area contributed by atoms with Crippen LogP contribution in [0.1, 0.15) is 52.4 Å². The van der Waals surface area contributed by atoms with Crippen molar-refractivity contribution in [1.82, 2.24) is 0 Å². The molecular formula is C22H32O6. The smallest absolute Gasteiger partial charge is 0.302 e. The van der Waals surface area contributed by atoms with Gasteiger partial charge in [-0.25, -0.2) is 0 Å². The van der Waals surface area contributed by atoms with E-state index in [9.17, 15) is 20.1 Å². The van der Waals surface area contributed by atoms with Crippen LogP contribution in [0.5, 0.6) is 0 Å². The van der Waals surface area contributed by atoms with Crippen molar-refractivity contribution in [2.24, 2.45) is 34.0 Å². The molecule has 6 rings (SSSR count). The van der Waals surface area contributed by atoms with Crippen LogP contribution in [0, 0.1) is 34.0 Å². The quantitative estimate of drug-likeness (QED) is 0.490. The van der Waals surface area contributed by atoms with Gasteiger partial charge < -0.3 is 24.8 Å². The SMILES string of the molecule is C=C1C2CCC3C45CCCC(C)(COC(C)=O)C4C(O)C(O)(OC5)C3(C2)C1O. The first-order valence-electron chi connectivity index (χ1n) is 10.7. The second kappa shape index (κ2) is 5.60. The minimum Gasteiger partial charge on any atom is -0.465 e. The second-order valence-electron chi connectivity index (χ2n) is 10.5. The highest BCUT2D eigenvalue weighted by molar-refractivity contribution is 5.65. The molecule has 156 valence electrons. The van der Waals surface area contributed by atoms with Gasteiger partial charge in [0.1, 0.15) is 6.10 Å². The molecular weight excluding hydrogens is 360 g/mol. The maximum Gasteiger partial charge on any atom is 0.302 e. The standard InChI is InChI=1S/C22H32O6/c1-12-14-5-6-15-20-8-4-7-19(3,10-27-13(2)23)16(20)18(25)22(26,28-11-20)21(15,9-14)17(12)24/h14-18,24-26H,1,4-11H2,2-3H3. The van der Waals surface area contributed by atoms with Crippen LogP contribution in [0.4, 0.5) is 0 Å². The Bertz CT molecular complexity index is 737. The van der Waals surface area contributed by atoms with Crippen LogP contribution in [-0.2, 0) is 14.3 Å². The molecule has 28 heavy (non-hydrogen) atoms. The fourth-order valence-electron chi connectivity index (χ4n) is 8.41. The van der Waals surface area contributed by atoms with E-state index in [1.165, 1.54) is 6.92 Å². The lowest BCUT2D eigenvalue weighted by Crippen LogP contribution is -2.82. The normalized spacial score (nSPS) is 56.9. The predicted molar refractivity (Wildman–Crippen MR) is 99.8 cm³/mol. The number of aliphatic hydroxyl groups is 3. The molecule has 9 atom stereocenters. The summed E-state index contributed by atoms with van der Waals surface area (Å²) in [5.74, 6) is -2.12. The fourth-order valence-corrected chi connectivity index (χ4v) is 8.41. The minimum atomic E-state index is -1.80. The highest BCUT2D eigenvalue weighted by Gasteiger charge is 2.82. The van der Waals surface area contributed by atoms with Crippen molar-refractivity contribution >= 4 is 5.97 Å². The Labute approximate surface area is 165 Å². The monoisotopic (exact) mass is 392 g/mol. The molecule has 0 radical (unpaired) electrons. The second-order valence-corrected chi connectivity index (χ2v) is 10.5. The fraction of sp³-hybridized carbons (Fsp3) is 0.864. The van der Waals surface area contributed by atoms with E-state index < -0.39 is 28.8 Å². The molecule has 2 spiro atoms. The number of carbonyl (C=O) groups is 1. The zero-order chi connectivity index (χ0) is 20.1. The van der Waals surface area contributed by atoms with Crippen molar-refractivity contribution < 1.29 is 29.6 Å². The lowest BCUT2D eigenvalue weighted by Gasteiger charge is -2.74. The van der Waals surface area contributed by atoms with Gasteiger partial charge in [0.25, 0.3) is 0 Å². The average Bonchev–Trinajstić information content (AvgIpc) is 2.84. The van der Waals surface area contributed by atoms with E-state index in [1.54, 1.807) is 0 Å². The van der Waals surface area contributed by atoms with Crippen molar-refractivity contribution in [3.05, 3.63) is 12.2 Å². The molecule has 4 aliphatic carbocycles. The summed E-state index contributed by atoms with van der Waals surface area (Å²) in [5.41, 5.74) is -0.861. The molecule has 3 N–H and O–H groups in total. The zero-order valence-corrected chi connectivity index (χ0v) is 16.8. The van der Waals surface area contributed by atoms with Gasteiger partial charge in [-0.2, -0.15) is 0 Å². The first-order chi connectivity index (χ1) is 13.1. The average molecular weight is 392 g/mol. The molecule has 2 heterocycles. The maximum atomic E-state index is 11.8. The van der Waals surface area contributed by atoms with Crippen LogP contribution in [0.25, 0.3) is 0 Å². The first-order valence-corrected chi connectivity index (χ1v) is 10.7. The van der Waals surface area contributed by atoms with Crippen LogP contribution < -0.4 is 0 Å². The van der Waals surface area contributed by atoms with Crippen LogP contribution >= 0.6 is 0 Å². The van der Waals surface area contributed by atoms with Crippen molar-refractivity contribution in [1.29, 1.82) is 0 Å². The summed E-state index contributed by atoms with van der Waals surface area (Å²) in [6.45, 7) is 8.22. The lowest BCUT2D eigenvalue weighted by molar-refractivity contribution is -0.458. The Hall–Kier alpha value is -0.950. The third kappa shape index (κ3) is 1.91. The van der Waals surface area contributed by atoms with Gasteiger partial charge in [-0.05, 0) is 49.5 Å². The Kier molecular flexibility index (Phi) is 3.80. The van der Waals surface area contributed by atoms with E-state index in [4.69, 9.17) is 9.47 Å². The van der Waals surface area contributed by atoms with Crippen molar-refractivity contribution in [2.45, 2.75) is 70.4 Å². The largest absolute Gasteiger partial charge is 0.465 e. The summed E-state index contributed by atoms with van der Waals surface area (Å²) in [5, 5.41) is 34.6. The number of hydrogen-bond acceptors (Lipinski definition) is 6. The number of carbonyl (C=O) groups excluding carboxylic acids is 1. The summed E-state index contributed by atoms with van der Waals surface area (Å²) in [6.07, 6.45) is 3.19.